The number of cyclic esters (lactones) is 2. The number of rotatable bonds is 3. The Labute approximate surface area is 109 Å². The molecule has 1 aliphatic rings. The predicted octanol–water partition coefficient (Wildman–Crippen LogP) is 1.15. The maximum atomic E-state index is 11.5. The minimum Gasteiger partial charge on any atom is -0.445 e. The highest BCUT2D eigenvalue weighted by Gasteiger charge is 2.30. The van der Waals surface area contributed by atoms with E-state index in [1.165, 1.54) is 0 Å². The molecule has 1 atom stereocenters. The Morgan fingerprint density at radius 1 is 1.32 bits per heavy atom. The number of hydrogen-bond donors (Lipinski definition) is 1. The SMILES string of the molecule is O=C1CC[C@H](NC(=O)OCc2ccccc2)C(=O)O1. The summed E-state index contributed by atoms with van der Waals surface area (Å²) < 4.78 is 9.38. The number of carbonyl (C=O) groups is 3. The van der Waals surface area contributed by atoms with E-state index < -0.39 is 24.1 Å². The molecule has 6 heteroatoms. The van der Waals surface area contributed by atoms with Crippen molar-refractivity contribution in [3.05, 3.63) is 35.9 Å². The summed E-state index contributed by atoms with van der Waals surface area (Å²) in [5.41, 5.74) is 0.846. The van der Waals surface area contributed by atoms with Gasteiger partial charge in [0.1, 0.15) is 12.6 Å². The van der Waals surface area contributed by atoms with Gasteiger partial charge in [-0.05, 0) is 12.0 Å². The molecule has 0 saturated carbocycles. The van der Waals surface area contributed by atoms with Crippen molar-refractivity contribution in [3.63, 3.8) is 0 Å². The van der Waals surface area contributed by atoms with Crippen LogP contribution in [0.25, 0.3) is 0 Å². The summed E-state index contributed by atoms with van der Waals surface area (Å²) >= 11 is 0. The minimum absolute atomic E-state index is 0.107. The molecule has 1 N–H and O–H groups in total. The number of nitrogens with one attached hydrogen (secondary N) is 1. The van der Waals surface area contributed by atoms with Crippen molar-refractivity contribution in [2.45, 2.75) is 25.5 Å². The molecule has 1 fully saturated rings. The lowest BCUT2D eigenvalue weighted by Crippen LogP contribution is -2.45. The molecule has 1 aromatic carbocycles. The van der Waals surface area contributed by atoms with Gasteiger partial charge in [0.05, 0.1) is 0 Å². The molecule has 6 nitrogen and oxygen atoms in total. The monoisotopic (exact) mass is 263 g/mol. The molecule has 1 saturated heterocycles. The van der Waals surface area contributed by atoms with E-state index in [1.54, 1.807) is 0 Å². The van der Waals surface area contributed by atoms with Crippen LogP contribution < -0.4 is 5.32 Å². The molecule has 0 bridgehead atoms. The topological polar surface area (TPSA) is 81.7 Å². The number of ether oxygens (including phenoxy) is 2. The number of esters is 2. The number of amides is 1. The molecular formula is C13H13NO5. The molecule has 1 heterocycles. The van der Waals surface area contributed by atoms with Gasteiger partial charge in [0.15, 0.2) is 0 Å². The molecule has 0 aromatic heterocycles. The second-order valence-corrected chi connectivity index (χ2v) is 4.09. The van der Waals surface area contributed by atoms with Gasteiger partial charge in [-0.3, -0.25) is 4.79 Å². The first-order valence-corrected chi connectivity index (χ1v) is 5.87. The fraction of sp³-hybridized carbons (Fsp3) is 0.308. The normalized spacial score (nSPS) is 18.6. The predicted molar refractivity (Wildman–Crippen MR) is 63.9 cm³/mol. The summed E-state index contributed by atoms with van der Waals surface area (Å²) in [4.78, 5) is 33.6. The highest BCUT2D eigenvalue weighted by atomic mass is 16.6. The second kappa shape index (κ2) is 5.99. The van der Waals surface area contributed by atoms with Crippen LogP contribution >= 0.6 is 0 Å². The van der Waals surface area contributed by atoms with Crippen LogP contribution in [0.3, 0.4) is 0 Å². The van der Waals surface area contributed by atoms with Crippen LogP contribution in [-0.2, 0) is 25.7 Å². The van der Waals surface area contributed by atoms with Crippen molar-refractivity contribution in [3.8, 4) is 0 Å². The second-order valence-electron chi connectivity index (χ2n) is 4.09. The summed E-state index contributed by atoms with van der Waals surface area (Å²) in [5.74, 6) is -1.31. The van der Waals surface area contributed by atoms with E-state index in [-0.39, 0.29) is 19.4 Å². The van der Waals surface area contributed by atoms with E-state index >= 15 is 0 Å². The summed E-state index contributed by atoms with van der Waals surface area (Å²) in [6, 6.07) is 8.35. The lowest BCUT2D eigenvalue weighted by atomic mass is 10.1. The summed E-state index contributed by atoms with van der Waals surface area (Å²) in [6.07, 6.45) is -0.367. The molecule has 2 rings (SSSR count). The van der Waals surface area contributed by atoms with Gasteiger partial charge in [-0.15, -0.1) is 0 Å². The Hall–Kier alpha value is -2.37. The first kappa shape index (κ1) is 13.1. The minimum atomic E-state index is -0.819. The number of hydrogen-bond acceptors (Lipinski definition) is 5. The maximum Gasteiger partial charge on any atom is 0.408 e. The third-order valence-corrected chi connectivity index (χ3v) is 2.64. The van der Waals surface area contributed by atoms with Gasteiger partial charge in [-0.25, -0.2) is 9.59 Å². The Morgan fingerprint density at radius 3 is 2.74 bits per heavy atom. The van der Waals surface area contributed by atoms with Gasteiger partial charge in [-0.2, -0.15) is 0 Å². The van der Waals surface area contributed by atoms with Crippen LogP contribution in [0.5, 0.6) is 0 Å². The highest BCUT2D eigenvalue weighted by molar-refractivity contribution is 5.92. The van der Waals surface area contributed by atoms with E-state index in [9.17, 15) is 14.4 Å². The van der Waals surface area contributed by atoms with Crippen LogP contribution in [0, 0.1) is 0 Å². The fourth-order valence-corrected chi connectivity index (χ4v) is 1.65. The smallest absolute Gasteiger partial charge is 0.408 e. The molecule has 0 radical (unpaired) electrons. The Kier molecular flexibility index (Phi) is 4.12. The summed E-state index contributed by atoms with van der Waals surface area (Å²) in [5, 5.41) is 2.37. The largest absolute Gasteiger partial charge is 0.445 e. The Balaban J connectivity index is 1.78. The van der Waals surface area contributed by atoms with Crippen molar-refractivity contribution in [1.82, 2.24) is 5.32 Å². The maximum absolute atomic E-state index is 11.5. The number of carbonyl (C=O) groups excluding carboxylic acids is 3. The fourth-order valence-electron chi connectivity index (χ4n) is 1.65. The molecule has 1 aliphatic heterocycles. The van der Waals surface area contributed by atoms with Gasteiger partial charge in [0, 0.05) is 6.42 Å². The van der Waals surface area contributed by atoms with Crippen LogP contribution in [0.1, 0.15) is 18.4 Å². The highest BCUT2D eigenvalue weighted by Crippen LogP contribution is 2.09. The van der Waals surface area contributed by atoms with Gasteiger partial charge in [0.25, 0.3) is 0 Å². The average Bonchev–Trinajstić information content (AvgIpc) is 2.41. The lowest BCUT2D eigenvalue weighted by Gasteiger charge is -2.20. The Morgan fingerprint density at radius 2 is 2.05 bits per heavy atom. The van der Waals surface area contributed by atoms with Crippen molar-refractivity contribution in [2.24, 2.45) is 0 Å². The molecular weight excluding hydrogens is 250 g/mol. The standard InChI is InChI=1S/C13H13NO5/c15-11-7-6-10(12(16)19-11)14-13(17)18-8-9-4-2-1-3-5-9/h1-5,10H,6-8H2,(H,14,17)/t10-/m0/s1. The molecule has 0 aliphatic carbocycles. The zero-order valence-corrected chi connectivity index (χ0v) is 10.1. The quantitative estimate of drug-likeness (QED) is 0.653. The zero-order chi connectivity index (χ0) is 13.7. The van der Waals surface area contributed by atoms with Gasteiger partial charge in [0.2, 0.25) is 0 Å². The van der Waals surface area contributed by atoms with Crippen LogP contribution in [0.15, 0.2) is 30.3 Å². The van der Waals surface area contributed by atoms with Gasteiger partial charge < -0.3 is 14.8 Å². The number of benzene rings is 1. The van der Waals surface area contributed by atoms with Crippen LogP contribution in [0.2, 0.25) is 0 Å². The third-order valence-electron chi connectivity index (χ3n) is 2.64. The molecule has 0 spiro atoms. The van der Waals surface area contributed by atoms with Crippen molar-refractivity contribution >= 4 is 18.0 Å². The summed E-state index contributed by atoms with van der Waals surface area (Å²) in [7, 11) is 0. The lowest BCUT2D eigenvalue weighted by molar-refractivity contribution is -0.165. The molecule has 1 aromatic rings. The van der Waals surface area contributed by atoms with E-state index in [2.05, 4.69) is 10.1 Å². The van der Waals surface area contributed by atoms with E-state index in [0.29, 0.717) is 0 Å². The van der Waals surface area contributed by atoms with Crippen LogP contribution in [0.4, 0.5) is 4.79 Å². The molecule has 0 unspecified atom stereocenters. The molecule has 100 valence electrons. The van der Waals surface area contributed by atoms with Crippen LogP contribution in [-0.4, -0.2) is 24.1 Å². The zero-order valence-electron chi connectivity index (χ0n) is 10.1. The van der Waals surface area contributed by atoms with E-state index in [4.69, 9.17) is 4.74 Å². The van der Waals surface area contributed by atoms with Gasteiger partial charge >= 0.3 is 18.0 Å². The first-order valence-electron chi connectivity index (χ1n) is 5.87. The van der Waals surface area contributed by atoms with Crippen molar-refractivity contribution < 1.29 is 23.9 Å². The van der Waals surface area contributed by atoms with Gasteiger partial charge in [-0.1, -0.05) is 30.3 Å². The number of alkyl carbamates (subject to hydrolysis) is 1. The van der Waals surface area contributed by atoms with E-state index in [1.807, 2.05) is 30.3 Å². The third kappa shape index (κ3) is 3.80. The van der Waals surface area contributed by atoms with E-state index in [0.717, 1.165) is 5.56 Å². The Bertz CT molecular complexity index is 485. The molecule has 19 heavy (non-hydrogen) atoms. The first-order chi connectivity index (χ1) is 9.15. The van der Waals surface area contributed by atoms with Crippen molar-refractivity contribution in [2.75, 3.05) is 0 Å². The van der Waals surface area contributed by atoms with Crippen molar-refractivity contribution in [1.29, 1.82) is 0 Å². The summed E-state index contributed by atoms with van der Waals surface area (Å²) in [6.45, 7) is 0.118. The molecule has 1 amide bonds. The average molecular weight is 263 g/mol.